The van der Waals surface area contributed by atoms with Crippen LogP contribution in [0.3, 0.4) is 0 Å². The molecule has 118 valence electrons. The van der Waals surface area contributed by atoms with E-state index in [1.165, 1.54) is 0 Å². The topological polar surface area (TPSA) is 46.3 Å². The van der Waals surface area contributed by atoms with Crippen LogP contribution in [0.1, 0.15) is 23.7 Å². The van der Waals surface area contributed by atoms with Gasteiger partial charge in [-0.1, -0.05) is 29.4 Å². The number of benzene rings is 2. The van der Waals surface area contributed by atoms with Gasteiger partial charge in [0.2, 0.25) is 5.91 Å². The molecule has 0 unspecified atom stereocenters. The van der Waals surface area contributed by atoms with Crippen molar-refractivity contribution in [2.75, 3.05) is 11.4 Å². The number of hydrogen-bond donors (Lipinski definition) is 0. The van der Waals surface area contributed by atoms with Crippen LogP contribution in [0, 0.1) is 13.8 Å². The number of carbonyl (C=O) groups is 1. The minimum atomic E-state index is 0.0280. The summed E-state index contributed by atoms with van der Waals surface area (Å²) in [5.41, 5.74) is 4.60. The molecule has 1 aromatic heterocycles. The Kier molecular flexibility index (Phi) is 4.15. The molecule has 0 aliphatic carbocycles. The third kappa shape index (κ3) is 2.97. The van der Waals surface area contributed by atoms with E-state index >= 15 is 0 Å². The van der Waals surface area contributed by atoms with Crippen molar-refractivity contribution in [3.63, 3.8) is 0 Å². The van der Waals surface area contributed by atoms with Crippen LogP contribution in [0.4, 0.5) is 5.69 Å². The van der Waals surface area contributed by atoms with E-state index in [0.29, 0.717) is 17.8 Å². The molecule has 0 bridgehead atoms. The SMILES string of the molecule is CCN(C(=O)Cc1noc2ccccc12)c1cc(C)ccc1C. The summed E-state index contributed by atoms with van der Waals surface area (Å²) in [4.78, 5) is 14.6. The molecule has 2 aromatic carbocycles. The number of carbonyl (C=O) groups excluding carboxylic acids is 1. The van der Waals surface area contributed by atoms with Crippen molar-refractivity contribution >= 4 is 22.6 Å². The molecule has 4 heteroatoms. The number of amides is 1. The molecular weight excluding hydrogens is 288 g/mol. The lowest BCUT2D eigenvalue weighted by Gasteiger charge is -2.23. The van der Waals surface area contributed by atoms with Crippen LogP contribution in [-0.2, 0) is 11.2 Å². The van der Waals surface area contributed by atoms with Crippen molar-refractivity contribution in [1.29, 1.82) is 0 Å². The molecule has 0 fully saturated rings. The fourth-order valence-electron chi connectivity index (χ4n) is 2.80. The Bertz CT molecular complexity index is 851. The third-order valence-electron chi connectivity index (χ3n) is 4.04. The van der Waals surface area contributed by atoms with Gasteiger partial charge in [0, 0.05) is 17.6 Å². The van der Waals surface area contributed by atoms with Crippen molar-refractivity contribution in [3.8, 4) is 0 Å². The van der Waals surface area contributed by atoms with Crippen molar-refractivity contribution in [1.82, 2.24) is 5.16 Å². The first-order valence-corrected chi connectivity index (χ1v) is 7.81. The first-order chi connectivity index (χ1) is 11.1. The molecule has 0 aliphatic rings. The number of fused-ring (bicyclic) bond motifs is 1. The zero-order chi connectivity index (χ0) is 16.4. The third-order valence-corrected chi connectivity index (χ3v) is 4.04. The van der Waals surface area contributed by atoms with Crippen LogP contribution in [0.25, 0.3) is 11.0 Å². The quantitative estimate of drug-likeness (QED) is 0.730. The fourth-order valence-corrected chi connectivity index (χ4v) is 2.80. The van der Waals surface area contributed by atoms with Gasteiger partial charge in [-0.25, -0.2) is 0 Å². The smallest absolute Gasteiger partial charge is 0.233 e. The summed E-state index contributed by atoms with van der Waals surface area (Å²) >= 11 is 0. The summed E-state index contributed by atoms with van der Waals surface area (Å²) in [7, 11) is 0. The number of nitrogens with zero attached hydrogens (tertiary/aromatic N) is 2. The van der Waals surface area contributed by atoms with E-state index in [1.807, 2.05) is 56.0 Å². The second kappa shape index (κ2) is 6.24. The van der Waals surface area contributed by atoms with Crippen molar-refractivity contribution in [3.05, 3.63) is 59.3 Å². The zero-order valence-corrected chi connectivity index (χ0v) is 13.7. The monoisotopic (exact) mass is 308 g/mol. The fraction of sp³-hybridized carbons (Fsp3) is 0.263. The molecule has 3 rings (SSSR count). The van der Waals surface area contributed by atoms with E-state index in [-0.39, 0.29) is 12.3 Å². The van der Waals surface area contributed by atoms with E-state index in [2.05, 4.69) is 17.3 Å². The van der Waals surface area contributed by atoms with Crippen molar-refractivity contribution in [2.24, 2.45) is 0 Å². The Morgan fingerprint density at radius 2 is 1.96 bits per heavy atom. The Morgan fingerprint density at radius 1 is 1.17 bits per heavy atom. The molecule has 3 aromatic rings. The van der Waals surface area contributed by atoms with Crippen LogP contribution in [0.5, 0.6) is 0 Å². The summed E-state index contributed by atoms with van der Waals surface area (Å²) in [6.45, 7) is 6.67. The lowest BCUT2D eigenvalue weighted by atomic mass is 10.1. The second-order valence-electron chi connectivity index (χ2n) is 5.73. The molecule has 0 saturated carbocycles. The average Bonchev–Trinajstić information content (AvgIpc) is 2.95. The maximum absolute atomic E-state index is 12.8. The van der Waals surface area contributed by atoms with Crippen LogP contribution in [0.15, 0.2) is 47.0 Å². The standard InChI is InChI=1S/C19H20N2O2/c1-4-21(17-11-13(2)9-10-14(17)3)19(22)12-16-15-7-5-6-8-18(15)23-20-16/h5-11H,4,12H2,1-3H3. The molecule has 0 spiro atoms. The molecule has 0 aliphatic heterocycles. The van der Waals surface area contributed by atoms with Gasteiger partial charge >= 0.3 is 0 Å². The molecule has 4 nitrogen and oxygen atoms in total. The number of rotatable bonds is 4. The first-order valence-electron chi connectivity index (χ1n) is 7.81. The highest BCUT2D eigenvalue weighted by Crippen LogP contribution is 2.24. The second-order valence-corrected chi connectivity index (χ2v) is 5.73. The summed E-state index contributed by atoms with van der Waals surface area (Å²) in [5.74, 6) is 0.0280. The largest absolute Gasteiger partial charge is 0.356 e. The lowest BCUT2D eigenvalue weighted by Crippen LogP contribution is -2.32. The maximum Gasteiger partial charge on any atom is 0.233 e. The number of anilines is 1. The highest BCUT2D eigenvalue weighted by atomic mass is 16.5. The number of hydrogen-bond acceptors (Lipinski definition) is 3. The van der Waals surface area contributed by atoms with Gasteiger partial charge in [0.1, 0.15) is 5.69 Å². The Labute approximate surface area is 135 Å². The number of aromatic nitrogens is 1. The van der Waals surface area contributed by atoms with E-state index in [9.17, 15) is 4.79 Å². The highest BCUT2D eigenvalue weighted by molar-refractivity contribution is 5.97. The van der Waals surface area contributed by atoms with Gasteiger partial charge in [0.05, 0.1) is 6.42 Å². The maximum atomic E-state index is 12.8. The van der Waals surface area contributed by atoms with Gasteiger partial charge in [-0.2, -0.15) is 0 Å². The summed E-state index contributed by atoms with van der Waals surface area (Å²) < 4.78 is 5.29. The van der Waals surface area contributed by atoms with E-state index < -0.39 is 0 Å². The van der Waals surface area contributed by atoms with Crippen LogP contribution in [0.2, 0.25) is 0 Å². The molecule has 0 N–H and O–H groups in total. The van der Waals surface area contributed by atoms with E-state index in [1.54, 1.807) is 0 Å². The van der Waals surface area contributed by atoms with Gasteiger partial charge in [0.15, 0.2) is 5.58 Å². The number of para-hydroxylation sites is 1. The molecular formula is C19H20N2O2. The zero-order valence-electron chi connectivity index (χ0n) is 13.7. The Balaban J connectivity index is 1.90. The molecule has 1 heterocycles. The molecule has 0 radical (unpaired) electrons. The van der Waals surface area contributed by atoms with Crippen molar-refractivity contribution in [2.45, 2.75) is 27.2 Å². The van der Waals surface area contributed by atoms with Gasteiger partial charge in [-0.15, -0.1) is 0 Å². The first kappa shape index (κ1) is 15.3. The molecule has 1 amide bonds. The van der Waals surface area contributed by atoms with Crippen LogP contribution < -0.4 is 4.90 Å². The number of likely N-dealkylation sites (N-methyl/N-ethyl adjacent to an activating group) is 1. The van der Waals surface area contributed by atoms with E-state index in [0.717, 1.165) is 22.2 Å². The van der Waals surface area contributed by atoms with Gasteiger partial charge in [-0.05, 0) is 50.1 Å². The molecule has 0 saturated heterocycles. The van der Waals surface area contributed by atoms with Crippen LogP contribution >= 0.6 is 0 Å². The predicted molar refractivity (Wildman–Crippen MR) is 91.7 cm³/mol. The minimum Gasteiger partial charge on any atom is -0.356 e. The minimum absolute atomic E-state index is 0.0280. The van der Waals surface area contributed by atoms with Gasteiger partial charge < -0.3 is 9.42 Å². The Hall–Kier alpha value is -2.62. The predicted octanol–water partition coefficient (Wildman–Crippen LogP) is 4.04. The summed E-state index contributed by atoms with van der Waals surface area (Å²) in [5, 5.41) is 4.96. The number of aryl methyl sites for hydroxylation is 2. The molecule has 0 atom stereocenters. The average molecular weight is 308 g/mol. The van der Waals surface area contributed by atoms with Gasteiger partial charge in [-0.3, -0.25) is 4.79 Å². The Morgan fingerprint density at radius 3 is 2.74 bits per heavy atom. The van der Waals surface area contributed by atoms with Crippen LogP contribution in [-0.4, -0.2) is 17.6 Å². The summed E-state index contributed by atoms with van der Waals surface area (Å²) in [6, 6.07) is 13.8. The van der Waals surface area contributed by atoms with Gasteiger partial charge in [0.25, 0.3) is 0 Å². The van der Waals surface area contributed by atoms with E-state index in [4.69, 9.17) is 4.52 Å². The highest BCUT2D eigenvalue weighted by Gasteiger charge is 2.19. The lowest BCUT2D eigenvalue weighted by molar-refractivity contribution is -0.118. The summed E-state index contributed by atoms with van der Waals surface area (Å²) in [6.07, 6.45) is 0.234. The van der Waals surface area contributed by atoms with Crippen molar-refractivity contribution < 1.29 is 9.32 Å². The normalized spacial score (nSPS) is 10.9. The molecule has 23 heavy (non-hydrogen) atoms.